The first kappa shape index (κ1) is 18.6. The zero-order chi connectivity index (χ0) is 20.4. The number of anilines is 1. The van der Waals surface area contributed by atoms with Crippen molar-refractivity contribution in [3.05, 3.63) is 84.3 Å². The van der Waals surface area contributed by atoms with E-state index < -0.39 is 5.92 Å². The van der Waals surface area contributed by atoms with Gasteiger partial charge >= 0.3 is 0 Å². The van der Waals surface area contributed by atoms with Crippen molar-refractivity contribution in [2.75, 3.05) is 5.32 Å². The van der Waals surface area contributed by atoms with Crippen molar-refractivity contribution in [1.82, 2.24) is 15.0 Å². The van der Waals surface area contributed by atoms with E-state index in [-0.39, 0.29) is 11.5 Å². The highest BCUT2D eigenvalue weighted by Gasteiger charge is 2.24. The van der Waals surface area contributed by atoms with Crippen molar-refractivity contribution in [2.24, 2.45) is 0 Å². The van der Waals surface area contributed by atoms with Crippen LogP contribution in [0.25, 0.3) is 22.3 Å². The zero-order valence-corrected chi connectivity index (χ0v) is 15.4. The Morgan fingerprint density at radius 1 is 1.03 bits per heavy atom. The summed E-state index contributed by atoms with van der Waals surface area (Å²) in [5.74, 6) is -3.32. The Kier molecular flexibility index (Phi) is 4.72. The molecule has 0 unspecified atom stereocenters. The molecule has 1 N–H and O–H groups in total. The molecule has 4 rings (SSSR count). The van der Waals surface area contributed by atoms with E-state index in [1.54, 1.807) is 48.7 Å². The van der Waals surface area contributed by atoms with Crippen molar-refractivity contribution in [2.45, 2.75) is 12.8 Å². The SMILES string of the molecule is CC(F)(F)c1cccc(-c2cnc3cccc(C(=O)Nc4cccnc4)c3n2)c1. The third kappa shape index (κ3) is 3.94. The second-order valence-electron chi connectivity index (χ2n) is 6.59. The number of fused-ring (bicyclic) bond motifs is 1. The smallest absolute Gasteiger partial charge is 0.270 e. The Bertz CT molecular complexity index is 1190. The molecule has 4 aromatic rings. The zero-order valence-electron chi connectivity index (χ0n) is 15.4. The van der Waals surface area contributed by atoms with E-state index in [2.05, 4.69) is 20.3 Å². The molecule has 0 radical (unpaired) electrons. The lowest BCUT2D eigenvalue weighted by Crippen LogP contribution is -2.13. The van der Waals surface area contributed by atoms with E-state index in [9.17, 15) is 13.6 Å². The maximum Gasteiger partial charge on any atom is 0.270 e. The molecule has 1 amide bonds. The molecule has 5 nitrogen and oxygen atoms in total. The fourth-order valence-corrected chi connectivity index (χ4v) is 2.94. The topological polar surface area (TPSA) is 67.8 Å². The second kappa shape index (κ2) is 7.35. The molecule has 0 atom stereocenters. The number of halogens is 2. The minimum atomic E-state index is -2.96. The summed E-state index contributed by atoms with van der Waals surface area (Å²) in [7, 11) is 0. The number of rotatable bonds is 4. The minimum absolute atomic E-state index is 0.112. The van der Waals surface area contributed by atoms with Crippen molar-refractivity contribution in [3.8, 4) is 11.3 Å². The third-order valence-electron chi connectivity index (χ3n) is 4.40. The molecular formula is C22H16F2N4O. The van der Waals surface area contributed by atoms with Crippen LogP contribution < -0.4 is 5.32 Å². The van der Waals surface area contributed by atoms with E-state index in [4.69, 9.17) is 0 Å². The molecule has 0 fully saturated rings. The molecule has 0 bridgehead atoms. The average molecular weight is 390 g/mol. The Morgan fingerprint density at radius 3 is 2.62 bits per heavy atom. The Labute approximate surface area is 165 Å². The van der Waals surface area contributed by atoms with Gasteiger partial charge in [-0.25, -0.2) is 13.8 Å². The summed E-state index contributed by atoms with van der Waals surface area (Å²) < 4.78 is 27.4. The maximum absolute atomic E-state index is 13.7. The summed E-state index contributed by atoms with van der Waals surface area (Å²) in [6, 6.07) is 14.5. The molecule has 2 heterocycles. The third-order valence-corrected chi connectivity index (χ3v) is 4.40. The molecule has 0 aliphatic rings. The van der Waals surface area contributed by atoms with Gasteiger partial charge < -0.3 is 5.32 Å². The number of hydrogen-bond acceptors (Lipinski definition) is 4. The minimum Gasteiger partial charge on any atom is -0.321 e. The van der Waals surface area contributed by atoms with Gasteiger partial charge in [0, 0.05) is 24.2 Å². The van der Waals surface area contributed by atoms with Gasteiger partial charge in [0.25, 0.3) is 11.8 Å². The Hall–Kier alpha value is -3.74. The molecule has 0 spiro atoms. The molecule has 144 valence electrons. The molecule has 0 aliphatic heterocycles. The van der Waals surface area contributed by atoms with E-state index in [1.165, 1.54) is 24.5 Å². The summed E-state index contributed by atoms with van der Waals surface area (Å²) in [5.41, 5.74) is 2.60. The van der Waals surface area contributed by atoms with E-state index in [0.29, 0.717) is 33.5 Å². The molecule has 2 aromatic carbocycles. The van der Waals surface area contributed by atoms with E-state index >= 15 is 0 Å². The predicted molar refractivity (Wildman–Crippen MR) is 107 cm³/mol. The Morgan fingerprint density at radius 2 is 1.86 bits per heavy atom. The first-order valence-electron chi connectivity index (χ1n) is 8.88. The fourth-order valence-electron chi connectivity index (χ4n) is 2.94. The van der Waals surface area contributed by atoms with Gasteiger partial charge in [-0.15, -0.1) is 0 Å². The second-order valence-corrected chi connectivity index (χ2v) is 6.59. The van der Waals surface area contributed by atoms with Gasteiger partial charge in [0.05, 0.1) is 34.9 Å². The summed E-state index contributed by atoms with van der Waals surface area (Å²) in [4.78, 5) is 25.6. The predicted octanol–water partition coefficient (Wildman–Crippen LogP) is 5.06. The number of benzene rings is 2. The number of carbonyl (C=O) groups excluding carboxylic acids is 1. The van der Waals surface area contributed by atoms with Crippen LogP contribution >= 0.6 is 0 Å². The van der Waals surface area contributed by atoms with E-state index in [1.807, 2.05) is 0 Å². The lowest BCUT2D eigenvalue weighted by molar-refractivity contribution is 0.0175. The number of alkyl halides is 2. The number of nitrogens with zero attached hydrogens (tertiary/aromatic N) is 3. The van der Waals surface area contributed by atoms with Gasteiger partial charge in [-0.05, 0) is 30.3 Å². The van der Waals surface area contributed by atoms with Crippen LogP contribution in [0, 0.1) is 0 Å². The number of hydrogen-bond donors (Lipinski definition) is 1. The van der Waals surface area contributed by atoms with Crippen molar-refractivity contribution < 1.29 is 13.6 Å². The van der Waals surface area contributed by atoms with Gasteiger partial charge in [-0.1, -0.05) is 24.3 Å². The first-order valence-corrected chi connectivity index (χ1v) is 8.88. The van der Waals surface area contributed by atoms with Gasteiger partial charge in [0.2, 0.25) is 0 Å². The fraction of sp³-hybridized carbons (Fsp3) is 0.0909. The highest BCUT2D eigenvalue weighted by atomic mass is 19.3. The van der Waals surface area contributed by atoms with Crippen molar-refractivity contribution in [1.29, 1.82) is 0 Å². The quantitative estimate of drug-likeness (QED) is 0.529. The lowest BCUT2D eigenvalue weighted by atomic mass is 10.0. The number of carbonyl (C=O) groups is 1. The van der Waals surface area contributed by atoms with Gasteiger partial charge in [-0.2, -0.15) is 0 Å². The van der Waals surface area contributed by atoms with Gasteiger partial charge in [0.15, 0.2) is 0 Å². The van der Waals surface area contributed by atoms with Crippen LogP contribution in [0.3, 0.4) is 0 Å². The molecule has 0 saturated carbocycles. The average Bonchev–Trinajstić information content (AvgIpc) is 2.73. The van der Waals surface area contributed by atoms with Crippen LogP contribution in [0.5, 0.6) is 0 Å². The summed E-state index contributed by atoms with van der Waals surface area (Å²) in [6.45, 7) is 0.846. The lowest BCUT2D eigenvalue weighted by Gasteiger charge is -2.12. The molecular weight excluding hydrogens is 374 g/mol. The molecule has 29 heavy (non-hydrogen) atoms. The molecule has 7 heteroatoms. The molecule has 0 saturated heterocycles. The monoisotopic (exact) mass is 390 g/mol. The summed E-state index contributed by atoms with van der Waals surface area (Å²) in [6.07, 6.45) is 4.66. The molecule has 0 aliphatic carbocycles. The van der Waals surface area contributed by atoms with Crippen LogP contribution in [-0.4, -0.2) is 20.9 Å². The largest absolute Gasteiger partial charge is 0.321 e. The van der Waals surface area contributed by atoms with E-state index in [0.717, 1.165) is 6.92 Å². The van der Waals surface area contributed by atoms with Crippen LogP contribution in [0.1, 0.15) is 22.8 Å². The number of amides is 1. The Balaban J connectivity index is 1.76. The number of para-hydroxylation sites is 1. The highest BCUT2D eigenvalue weighted by molar-refractivity contribution is 6.11. The van der Waals surface area contributed by atoms with Gasteiger partial charge in [0.1, 0.15) is 5.52 Å². The molecule has 2 aromatic heterocycles. The normalized spacial score (nSPS) is 11.4. The standard InChI is InChI=1S/C22H16F2N4O/c1-22(23,24)15-6-2-5-14(11-15)19-13-26-18-9-3-8-17(20(18)28-19)21(29)27-16-7-4-10-25-12-16/h2-13H,1H3,(H,27,29). The number of aromatic nitrogens is 3. The van der Waals surface area contributed by atoms with Gasteiger partial charge in [-0.3, -0.25) is 14.8 Å². The van der Waals surface area contributed by atoms with Crippen LogP contribution in [0.15, 0.2) is 73.2 Å². The maximum atomic E-state index is 13.7. The summed E-state index contributed by atoms with van der Waals surface area (Å²) in [5, 5.41) is 2.77. The van der Waals surface area contributed by atoms with Crippen LogP contribution in [-0.2, 0) is 5.92 Å². The number of nitrogens with one attached hydrogen (secondary N) is 1. The van der Waals surface area contributed by atoms with Crippen LogP contribution in [0.4, 0.5) is 14.5 Å². The van der Waals surface area contributed by atoms with Crippen molar-refractivity contribution in [3.63, 3.8) is 0 Å². The highest BCUT2D eigenvalue weighted by Crippen LogP contribution is 2.30. The number of pyridine rings is 1. The van der Waals surface area contributed by atoms with Crippen LogP contribution in [0.2, 0.25) is 0 Å². The van der Waals surface area contributed by atoms with Crippen molar-refractivity contribution >= 4 is 22.6 Å². The summed E-state index contributed by atoms with van der Waals surface area (Å²) >= 11 is 0. The first-order chi connectivity index (χ1) is 13.9.